The molecule has 0 spiro atoms. The van der Waals surface area contributed by atoms with Crippen LogP contribution in [0.25, 0.3) is 10.9 Å². The highest BCUT2D eigenvalue weighted by atomic mass is 32.1. The number of hydrogen-bond donors (Lipinski definition) is 1. The monoisotopic (exact) mass is 260 g/mol. The van der Waals surface area contributed by atoms with Crippen LogP contribution < -0.4 is 10.5 Å². The number of benzene rings is 1. The molecule has 4 heteroatoms. The predicted molar refractivity (Wildman–Crippen MR) is 78.0 cm³/mol. The van der Waals surface area contributed by atoms with Gasteiger partial charge < -0.3 is 10.5 Å². The van der Waals surface area contributed by atoms with Crippen LogP contribution in [0.15, 0.2) is 30.3 Å². The molecule has 1 atom stereocenters. The van der Waals surface area contributed by atoms with Gasteiger partial charge in [0.1, 0.15) is 4.99 Å². The van der Waals surface area contributed by atoms with E-state index in [0.717, 1.165) is 17.3 Å². The Kier molecular flexibility index (Phi) is 3.77. The maximum Gasteiger partial charge on any atom is 0.224 e. The smallest absolute Gasteiger partial charge is 0.224 e. The summed E-state index contributed by atoms with van der Waals surface area (Å²) in [6, 6.07) is 9.77. The second-order valence-electron chi connectivity index (χ2n) is 4.23. The number of aromatic nitrogens is 1. The Labute approximate surface area is 112 Å². The lowest BCUT2D eigenvalue weighted by molar-refractivity contribution is 0.209. The second-order valence-corrected chi connectivity index (χ2v) is 4.67. The lowest BCUT2D eigenvalue weighted by Crippen LogP contribution is -2.17. The van der Waals surface area contributed by atoms with E-state index < -0.39 is 0 Å². The first-order chi connectivity index (χ1) is 8.61. The summed E-state index contributed by atoms with van der Waals surface area (Å²) < 4.78 is 5.79. The van der Waals surface area contributed by atoms with Crippen molar-refractivity contribution < 1.29 is 4.74 Å². The van der Waals surface area contributed by atoms with Crippen LogP contribution in [0.4, 0.5) is 0 Å². The van der Waals surface area contributed by atoms with E-state index in [1.807, 2.05) is 37.3 Å². The lowest BCUT2D eigenvalue weighted by Gasteiger charge is -2.15. The lowest BCUT2D eigenvalue weighted by atomic mass is 10.1. The van der Waals surface area contributed by atoms with Crippen molar-refractivity contribution in [2.24, 2.45) is 5.73 Å². The van der Waals surface area contributed by atoms with Gasteiger partial charge >= 0.3 is 0 Å². The van der Waals surface area contributed by atoms with Crippen LogP contribution in [0.5, 0.6) is 5.88 Å². The maximum atomic E-state index is 5.79. The van der Waals surface area contributed by atoms with Crippen LogP contribution in [0.3, 0.4) is 0 Å². The van der Waals surface area contributed by atoms with Gasteiger partial charge in [-0.15, -0.1) is 0 Å². The number of fused-ring (bicyclic) bond motifs is 1. The van der Waals surface area contributed by atoms with E-state index in [9.17, 15) is 0 Å². The second kappa shape index (κ2) is 5.31. The Morgan fingerprint density at radius 1 is 1.44 bits per heavy atom. The van der Waals surface area contributed by atoms with E-state index >= 15 is 0 Å². The SMILES string of the molecule is CCC(C)Oc1nc2ccccc2cc1C(N)=S. The van der Waals surface area contributed by atoms with E-state index in [2.05, 4.69) is 11.9 Å². The third-order valence-corrected chi connectivity index (χ3v) is 3.06. The molecule has 0 saturated carbocycles. The maximum absolute atomic E-state index is 5.79. The molecule has 0 radical (unpaired) electrons. The normalized spacial score (nSPS) is 12.3. The van der Waals surface area contributed by atoms with Gasteiger partial charge in [0.25, 0.3) is 0 Å². The molecule has 1 unspecified atom stereocenters. The first-order valence-corrected chi connectivity index (χ1v) is 6.39. The van der Waals surface area contributed by atoms with Crippen LogP contribution in [0, 0.1) is 0 Å². The molecule has 0 saturated heterocycles. The molecule has 1 aromatic heterocycles. The van der Waals surface area contributed by atoms with E-state index in [4.69, 9.17) is 22.7 Å². The van der Waals surface area contributed by atoms with E-state index in [1.165, 1.54) is 0 Å². The molecule has 94 valence electrons. The number of pyridine rings is 1. The van der Waals surface area contributed by atoms with Gasteiger partial charge in [-0.1, -0.05) is 37.3 Å². The molecule has 0 fully saturated rings. The third kappa shape index (κ3) is 2.59. The molecule has 2 N–H and O–H groups in total. The van der Waals surface area contributed by atoms with Gasteiger partial charge in [-0.2, -0.15) is 0 Å². The van der Waals surface area contributed by atoms with Gasteiger partial charge in [-0.3, -0.25) is 0 Å². The Hall–Kier alpha value is -1.68. The number of rotatable bonds is 4. The summed E-state index contributed by atoms with van der Waals surface area (Å²) in [6.07, 6.45) is 0.998. The van der Waals surface area contributed by atoms with E-state index in [1.54, 1.807) is 0 Å². The Bertz CT molecular complexity index is 583. The summed E-state index contributed by atoms with van der Waals surface area (Å²) in [7, 11) is 0. The molecule has 1 aromatic carbocycles. The molecule has 0 bridgehead atoms. The van der Waals surface area contributed by atoms with Crippen molar-refractivity contribution in [3.63, 3.8) is 0 Å². The first-order valence-electron chi connectivity index (χ1n) is 5.98. The molecular formula is C14H16N2OS. The molecule has 2 aromatic rings. The predicted octanol–water partition coefficient (Wildman–Crippen LogP) is 3.05. The topological polar surface area (TPSA) is 48.1 Å². The average Bonchev–Trinajstić information content (AvgIpc) is 2.37. The zero-order valence-corrected chi connectivity index (χ0v) is 11.3. The van der Waals surface area contributed by atoms with Crippen LogP contribution in [-0.2, 0) is 0 Å². The molecule has 18 heavy (non-hydrogen) atoms. The summed E-state index contributed by atoms with van der Waals surface area (Å²) in [6.45, 7) is 4.06. The number of thiocarbonyl (C=S) groups is 1. The minimum Gasteiger partial charge on any atom is -0.474 e. The zero-order valence-electron chi connectivity index (χ0n) is 10.5. The highest BCUT2D eigenvalue weighted by Gasteiger charge is 2.12. The van der Waals surface area contributed by atoms with Crippen molar-refractivity contribution in [3.8, 4) is 5.88 Å². The molecular weight excluding hydrogens is 244 g/mol. The fraction of sp³-hybridized carbons (Fsp3) is 0.286. The van der Waals surface area contributed by atoms with E-state index in [-0.39, 0.29) is 6.10 Å². The number of nitrogens with two attached hydrogens (primary N) is 1. The van der Waals surface area contributed by atoms with Crippen LogP contribution >= 0.6 is 12.2 Å². The summed E-state index contributed by atoms with van der Waals surface area (Å²) >= 11 is 5.06. The van der Waals surface area contributed by atoms with Gasteiger partial charge in [0, 0.05) is 5.39 Å². The minimum absolute atomic E-state index is 0.0896. The molecule has 1 heterocycles. The van der Waals surface area contributed by atoms with Crippen LogP contribution in [0.2, 0.25) is 0 Å². The Balaban J connectivity index is 2.54. The number of para-hydroxylation sites is 1. The Morgan fingerprint density at radius 2 is 2.17 bits per heavy atom. The summed E-state index contributed by atoms with van der Waals surface area (Å²) in [4.78, 5) is 4.81. The fourth-order valence-electron chi connectivity index (χ4n) is 1.64. The fourth-order valence-corrected chi connectivity index (χ4v) is 1.78. The molecule has 3 nitrogen and oxygen atoms in total. The quantitative estimate of drug-likeness (QED) is 0.858. The van der Waals surface area contributed by atoms with Gasteiger partial charge in [0.15, 0.2) is 0 Å². The largest absolute Gasteiger partial charge is 0.474 e. The zero-order chi connectivity index (χ0) is 13.1. The first kappa shape index (κ1) is 12.8. The van der Waals surface area contributed by atoms with Crippen molar-refractivity contribution in [3.05, 3.63) is 35.9 Å². The summed E-state index contributed by atoms with van der Waals surface area (Å²) in [5.74, 6) is 0.524. The number of nitrogens with zero attached hydrogens (tertiary/aromatic N) is 1. The highest BCUT2D eigenvalue weighted by molar-refractivity contribution is 7.80. The van der Waals surface area contributed by atoms with Crippen molar-refractivity contribution in [2.75, 3.05) is 0 Å². The van der Waals surface area contributed by atoms with Crippen molar-refractivity contribution in [2.45, 2.75) is 26.4 Å². The van der Waals surface area contributed by atoms with E-state index in [0.29, 0.717) is 16.4 Å². The molecule has 0 aliphatic heterocycles. The van der Waals surface area contributed by atoms with Crippen LogP contribution in [0.1, 0.15) is 25.8 Å². The average molecular weight is 260 g/mol. The Morgan fingerprint density at radius 3 is 2.83 bits per heavy atom. The molecule has 0 amide bonds. The van der Waals surface area contributed by atoms with Crippen molar-refractivity contribution >= 4 is 28.1 Å². The molecule has 0 aliphatic carbocycles. The number of ether oxygens (including phenoxy) is 1. The minimum atomic E-state index is 0.0896. The summed E-state index contributed by atoms with van der Waals surface area (Å²) in [5, 5.41) is 1.01. The standard InChI is InChI=1S/C14H16N2OS/c1-3-9(2)17-14-11(13(15)18)8-10-6-4-5-7-12(10)16-14/h4-9H,3H2,1-2H3,(H2,15,18). The summed E-state index contributed by atoms with van der Waals surface area (Å²) in [5.41, 5.74) is 7.32. The molecule has 2 rings (SSSR count). The van der Waals surface area contributed by atoms with Gasteiger partial charge in [-0.25, -0.2) is 4.98 Å². The third-order valence-electron chi connectivity index (χ3n) is 2.84. The van der Waals surface area contributed by atoms with Crippen molar-refractivity contribution in [1.82, 2.24) is 4.98 Å². The van der Waals surface area contributed by atoms with Crippen molar-refractivity contribution in [1.29, 1.82) is 0 Å². The number of hydrogen-bond acceptors (Lipinski definition) is 3. The highest BCUT2D eigenvalue weighted by Crippen LogP contribution is 2.23. The van der Waals surface area contributed by atoms with Gasteiger partial charge in [0.05, 0.1) is 17.2 Å². The molecule has 0 aliphatic rings. The van der Waals surface area contributed by atoms with Gasteiger partial charge in [0.2, 0.25) is 5.88 Å². The van der Waals surface area contributed by atoms with Crippen LogP contribution in [-0.4, -0.2) is 16.1 Å². The van der Waals surface area contributed by atoms with Gasteiger partial charge in [-0.05, 0) is 25.5 Å².